The molecule has 3 aliphatic heterocycles. The second-order valence-electron chi connectivity index (χ2n) is 9.74. The van der Waals surface area contributed by atoms with Crippen molar-refractivity contribution in [3.63, 3.8) is 0 Å². The standard InChI is InChI=1S/C28H27N3O3/c32-26-12-6-11-24-22-13-20(16-30(24)26)15-29(17-22)28(34)25(14-19-7-2-1-3-8-19)31-18-21-9-4-5-10-23(21)27(31)33/h1-12,20,22,25H,13-18H2/t20?,22?,25-/m0/s1. The lowest BCUT2D eigenvalue weighted by Gasteiger charge is -2.44. The third-order valence-corrected chi connectivity index (χ3v) is 7.57. The molecule has 2 amide bonds. The van der Waals surface area contributed by atoms with Gasteiger partial charge in [0.15, 0.2) is 0 Å². The highest BCUT2D eigenvalue weighted by atomic mass is 16.2. The van der Waals surface area contributed by atoms with Crippen molar-refractivity contribution < 1.29 is 9.59 Å². The van der Waals surface area contributed by atoms with Crippen LogP contribution in [-0.4, -0.2) is 45.3 Å². The van der Waals surface area contributed by atoms with Crippen molar-refractivity contribution >= 4 is 11.8 Å². The van der Waals surface area contributed by atoms with E-state index in [1.165, 1.54) is 0 Å². The summed E-state index contributed by atoms with van der Waals surface area (Å²) < 4.78 is 1.88. The molecule has 0 saturated carbocycles. The number of hydrogen-bond donors (Lipinski definition) is 0. The fourth-order valence-electron chi connectivity index (χ4n) is 5.98. The fourth-order valence-corrected chi connectivity index (χ4v) is 5.98. The molecule has 2 unspecified atom stereocenters. The zero-order valence-corrected chi connectivity index (χ0v) is 19.0. The van der Waals surface area contributed by atoms with E-state index in [-0.39, 0.29) is 29.2 Å². The molecule has 6 rings (SSSR count). The first-order valence-corrected chi connectivity index (χ1v) is 12.0. The molecule has 0 spiro atoms. The highest BCUT2D eigenvalue weighted by Crippen LogP contribution is 2.36. The SMILES string of the molecule is O=C([C@H](Cc1ccccc1)N1Cc2ccccc2C1=O)N1CC2CC(C1)c1cccc(=O)n1C2. The van der Waals surface area contributed by atoms with Gasteiger partial charge in [-0.05, 0) is 35.6 Å². The number of nitrogens with zero attached hydrogens (tertiary/aromatic N) is 3. The van der Waals surface area contributed by atoms with Crippen molar-refractivity contribution in [1.29, 1.82) is 0 Å². The average molecular weight is 454 g/mol. The minimum atomic E-state index is -0.556. The molecule has 6 heteroatoms. The van der Waals surface area contributed by atoms with Crippen LogP contribution in [0.4, 0.5) is 0 Å². The second kappa shape index (κ2) is 8.28. The van der Waals surface area contributed by atoms with Gasteiger partial charge in [0.25, 0.3) is 11.5 Å². The Kier molecular flexibility index (Phi) is 5.09. The van der Waals surface area contributed by atoms with E-state index in [1.54, 1.807) is 11.0 Å². The minimum absolute atomic E-state index is 0.00596. The zero-order valence-electron chi connectivity index (χ0n) is 19.0. The Morgan fingerprint density at radius 1 is 0.882 bits per heavy atom. The van der Waals surface area contributed by atoms with Crippen molar-refractivity contribution in [3.05, 3.63) is 106 Å². The number of fused-ring (bicyclic) bond motifs is 5. The summed E-state index contributed by atoms with van der Waals surface area (Å²) in [6.45, 7) is 2.30. The predicted molar refractivity (Wildman–Crippen MR) is 128 cm³/mol. The highest BCUT2D eigenvalue weighted by molar-refractivity contribution is 6.01. The number of carbonyl (C=O) groups is 2. The second-order valence-corrected chi connectivity index (χ2v) is 9.74. The van der Waals surface area contributed by atoms with Gasteiger partial charge < -0.3 is 14.4 Å². The van der Waals surface area contributed by atoms with E-state index < -0.39 is 6.04 Å². The van der Waals surface area contributed by atoms with Crippen molar-refractivity contribution in [2.24, 2.45) is 5.92 Å². The van der Waals surface area contributed by atoms with E-state index in [2.05, 4.69) is 0 Å². The largest absolute Gasteiger partial charge is 0.340 e. The molecule has 4 heterocycles. The molecule has 172 valence electrons. The Labute approximate surface area is 198 Å². The summed E-state index contributed by atoms with van der Waals surface area (Å²) in [6.07, 6.45) is 1.48. The van der Waals surface area contributed by atoms with Gasteiger partial charge in [0.05, 0.1) is 0 Å². The van der Waals surface area contributed by atoms with E-state index in [9.17, 15) is 14.4 Å². The Morgan fingerprint density at radius 3 is 2.50 bits per heavy atom. The molecule has 1 fully saturated rings. The van der Waals surface area contributed by atoms with Crippen LogP contribution in [0.1, 0.15) is 39.5 Å². The van der Waals surface area contributed by atoms with Crippen LogP contribution in [0.2, 0.25) is 0 Å². The number of carbonyl (C=O) groups excluding carboxylic acids is 2. The number of likely N-dealkylation sites (tertiary alicyclic amines) is 1. The van der Waals surface area contributed by atoms with Crippen molar-refractivity contribution in [2.45, 2.75) is 37.9 Å². The molecule has 2 bridgehead atoms. The van der Waals surface area contributed by atoms with Crippen molar-refractivity contribution in [1.82, 2.24) is 14.4 Å². The Balaban J connectivity index is 1.31. The molecule has 0 radical (unpaired) electrons. The smallest absolute Gasteiger partial charge is 0.255 e. The number of hydrogen-bond acceptors (Lipinski definition) is 3. The lowest BCUT2D eigenvalue weighted by atomic mass is 9.82. The van der Waals surface area contributed by atoms with Crippen LogP contribution in [-0.2, 0) is 24.3 Å². The summed E-state index contributed by atoms with van der Waals surface area (Å²) >= 11 is 0. The van der Waals surface area contributed by atoms with Crippen LogP contribution < -0.4 is 5.56 Å². The van der Waals surface area contributed by atoms with Gasteiger partial charge in [-0.2, -0.15) is 0 Å². The first-order valence-electron chi connectivity index (χ1n) is 12.0. The van der Waals surface area contributed by atoms with Crippen LogP contribution in [0.15, 0.2) is 77.6 Å². The van der Waals surface area contributed by atoms with Gasteiger partial charge in [0.1, 0.15) is 6.04 Å². The van der Waals surface area contributed by atoms with E-state index in [0.717, 1.165) is 23.2 Å². The van der Waals surface area contributed by atoms with Crippen LogP contribution >= 0.6 is 0 Å². The molecular weight excluding hydrogens is 426 g/mol. The third kappa shape index (κ3) is 3.54. The monoisotopic (exact) mass is 453 g/mol. The highest BCUT2D eigenvalue weighted by Gasteiger charge is 2.42. The third-order valence-electron chi connectivity index (χ3n) is 7.57. The lowest BCUT2D eigenvalue weighted by molar-refractivity contribution is -0.139. The molecule has 3 aliphatic rings. The van der Waals surface area contributed by atoms with Crippen LogP contribution in [0.3, 0.4) is 0 Å². The molecule has 0 aliphatic carbocycles. The van der Waals surface area contributed by atoms with Gasteiger partial charge in [-0.15, -0.1) is 0 Å². The van der Waals surface area contributed by atoms with Crippen LogP contribution in [0.5, 0.6) is 0 Å². The summed E-state index contributed by atoms with van der Waals surface area (Å²) in [7, 11) is 0. The number of pyridine rings is 1. The van der Waals surface area contributed by atoms with Crippen LogP contribution in [0.25, 0.3) is 0 Å². The molecule has 0 N–H and O–H groups in total. The van der Waals surface area contributed by atoms with Gasteiger partial charge in [-0.1, -0.05) is 54.6 Å². The summed E-state index contributed by atoms with van der Waals surface area (Å²) in [4.78, 5) is 43.5. The lowest BCUT2D eigenvalue weighted by Crippen LogP contribution is -2.55. The summed E-state index contributed by atoms with van der Waals surface area (Å²) in [5, 5.41) is 0. The Morgan fingerprint density at radius 2 is 1.68 bits per heavy atom. The summed E-state index contributed by atoms with van der Waals surface area (Å²) in [5.74, 6) is 0.332. The van der Waals surface area contributed by atoms with Gasteiger partial charge in [0.2, 0.25) is 5.91 Å². The maximum atomic E-state index is 14.1. The summed E-state index contributed by atoms with van der Waals surface area (Å²) in [6, 6.07) is 22.4. The van der Waals surface area contributed by atoms with E-state index in [0.29, 0.717) is 38.2 Å². The molecule has 3 aromatic rings. The Hall–Kier alpha value is -3.67. The molecule has 6 nitrogen and oxygen atoms in total. The van der Waals surface area contributed by atoms with E-state index >= 15 is 0 Å². The topological polar surface area (TPSA) is 62.6 Å². The van der Waals surface area contributed by atoms with Crippen molar-refractivity contribution in [3.8, 4) is 0 Å². The molecule has 34 heavy (non-hydrogen) atoms. The number of amides is 2. The van der Waals surface area contributed by atoms with Crippen molar-refractivity contribution in [2.75, 3.05) is 13.1 Å². The first-order chi connectivity index (χ1) is 16.6. The zero-order chi connectivity index (χ0) is 23.2. The summed E-state index contributed by atoms with van der Waals surface area (Å²) in [5.41, 5.74) is 3.76. The maximum absolute atomic E-state index is 14.1. The van der Waals surface area contributed by atoms with Gasteiger partial charge >= 0.3 is 0 Å². The molecule has 3 atom stereocenters. The number of aromatic nitrogens is 1. The number of piperidine rings is 1. The van der Waals surface area contributed by atoms with E-state index in [4.69, 9.17) is 0 Å². The Bertz CT molecular complexity index is 1320. The number of benzene rings is 2. The van der Waals surface area contributed by atoms with Gasteiger partial charge in [-0.25, -0.2) is 0 Å². The van der Waals surface area contributed by atoms with E-state index in [1.807, 2.05) is 76.2 Å². The van der Waals surface area contributed by atoms with Crippen LogP contribution in [0, 0.1) is 5.92 Å². The predicted octanol–water partition coefficient (Wildman–Crippen LogP) is 3.06. The minimum Gasteiger partial charge on any atom is -0.340 e. The van der Waals surface area contributed by atoms with Gasteiger partial charge in [0, 0.05) is 55.8 Å². The fraction of sp³-hybridized carbons (Fsp3) is 0.321. The molecule has 2 aromatic carbocycles. The van der Waals surface area contributed by atoms with Gasteiger partial charge in [-0.3, -0.25) is 14.4 Å². The average Bonchev–Trinajstić information content (AvgIpc) is 3.19. The maximum Gasteiger partial charge on any atom is 0.255 e. The first kappa shape index (κ1) is 20.9. The molecular formula is C28H27N3O3. The molecule has 1 aromatic heterocycles. The molecule has 1 saturated heterocycles. The normalized spacial score (nSPS) is 21.7. The quantitative estimate of drug-likeness (QED) is 0.610. The number of rotatable bonds is 4.